The van der Waals surface area contributed by atoms with Gasteiger partial charge in [-0.15, -0.1) is 0 Å². The molecule has 0 aliphatic carbocycles. The molecule has 0 bridgehead atoms. The van der Waals surface area contributed by atoms with E-state index in [-0.39, 0.29) is 58.0 Å². The molecule has 0 saturated carbocycles. The summed E-state index contributed by atoms with van der Waals surface area (Å²) in [5, 5.41) is 7.69. The number of rotatable bonds is 1. The van der Waals surface area contributed by atoms with Crippen molar-refractivity contribution in [3.8, 4) is 0 Å². The first kappa shape index (κ1) is 10.8. The van der Waals surface area contributed by atoms with E-state index in [1.807, 2.05) is 0 Å². The van der Waals surface area contributed by atoms with Gasteiger partial charge in [-0.2, -0.15) is 0 Å². The molecular formula is C3H6KO3. The van der Waals surface area contributed by atoms with Crippen LogP contribution in [0.1, 0.15) is 6.92 Å². The van der Waals surface area contributed by atoms with Gasteiger partial charge in [0, 0.05) is 51.4 Å². The van der Waals surface area contributed by atoms with Crippen LogP contribution in [0.4, 0.5) is 4.79 Å². The maximum Gasteiger partial charge on any atom is 0.505 e. The molecule has 0 rings (SSSR count). The van der Waals surface area contributed by atoms with Crippen molar-refractivity contribution in [3.63, 3.8) is 0 Å². The monoisotopic (exact) mass is 129 g/mol. The SMILES string of the molecule is CCOC(=O)O.[K]. The zero-order valence-electron chi connectivity index (χ0n) is 4.47. The molecule has 0 aliphatic rings. The van der Waals surface area contributed by atoms with Gasteiger partial charge >= 0.3 is 6.16 Å². The number of hydrogen-bond donors (Lipinski definition) is 1. The first-order valence-electron chi connectivity index (χ1n) is 1.63. The molecule has 0 amide bonds. The Bertz CT molecular complexity index is 54.1. The largest absolute Gasteiger partial charge is 0.505 e. The third-order valence-electron chi connectivity index (χ3n) is 0.268. The molecule has 1 radical (unpaired) electrons. The summed E-state index contributed by atoms with van der Waals surface area (Å²) in [7, 11) is 0. The van der Waals surface area contributed by atoms with Gasteiger partial charge in [0.2, 0.25) is 0 Å². The van der Waals surface area contributed by atoms with Gasteiger partial charge in [-0.05, 0) is 6.92 Å². The van der Waals surface area contributed by atoms with Gasteiger partial charge in [-0.3, -0.25) is 0 Å². The topological polar surface area (TPSA) is 46.5 Å². The molecule has 0 atom stereocenters. The fourth-order valence-electron chi connectivity index (χ4n) is 0.123. The first-order valence-corrected chi connectivity index (χ1v) is 1.63. The first-order chi connectivity index (χ1) is 2.77. The molecule has 7 heavy (non-hydrogen) atoms. The Morgan fingerprint density at radius 3 is 2.29 bits per heavy atom. The van der Waals surface area contributed by atoms with Crippen LogP contribution in [-0.2, 0) is 4.74 Å². The minimum absolute atomic E-state index is 0. The zero-order chi connectivity index (χ0) is 4.99. The van der Waals surface area contributed by atoms with E-state index in [2.05, 4.69) is 4.74 Å². The van der Waals surface area contributed by atoms with E-state index in [0.717, 1.165) is 0 Å². The summed E-state index contributed by atoms with van der Waals surface area (Å²) in [4.78, 5) is 9.38. The van der Waals surface area contributed by atoms with Crippen LogP contribution in [0, 0.1) is 0 Å². The predicted molar refractivity (Wildman–Crippen MR) is 25.4 cm³/mol. The van der Waals surface area contributed by atoms with Crippen LogP contribution in [0.25, 0.3) is 0 Å². The van der Waals surface area contributed by atoms with Crippen molar-refractivity contribution in [1.82, 2.24) is 0 Å². The smallest absolute Gasteiger partial charge is 0.450 e. The fourth-order valence-corrected chi connectivity index (χ4v) is 0.123. The standard InChI is InChI=1S/C3H6O3.K/c1-2-6-3(4)5;/h2H2,1H3,(H,4,5);. The summed E-state index contributed by atoms with van der Waals surface area (Å²) in [6.45, 7) is 1.85. The van der Waals surface area contributed by atoms with Gasteiger partial charge in [0.1, 0.15) is 0 Å². The number of carboxylic acid groups (broad SMARTS) is 1. The second-order valence-corrected chi connectivity index (χ2v) is 0.699. The molecular weight excluding hydrogens is 123 g/mol. The maximum absolute atomic E-state index is 9.38. The average molecular weight is 129 g/mol. The minimum atomic E-state index is -1.21. The van der Waals surface area contributed by atoms with E-state index in [1.54, 1.807) is 6.92 Å². The molecule has 3 nitrogen and oxygen atoms in total. The van der Waals surface area contributed by atoms with Gasteiger partial charge < -0.3 is 9.84 Å². The van der Waals surface area contributed by atoms with Crippen molar-refractivity contribution in [2.24, 2.45) is 0 Å². The second-order valence-electron chi connectivity index (χ2n) is 0.699. The van der Waals surface area contributed by atoms with E-state index in [0.29, 0.717) is 0 Å². The predicted octanol–water partition coefficient (Wildman–Crippen LogP) is 0.320. The van der Waals surface area contributed by atoms with E-state index < -0.39 is 6.16 Å². The van der Waals surface area contributed by atoms with Gasteiger partial charge in [-0.1, -0.05) is 0 Å². The van der Waals surface area contributed by atoms with Crippen LogP contribution in [0.15, 0.2) is 0 Å². The maximum atomic E-state index is 9.38. The molecule has 0 saturated heterocycles. The summed E-state index contributed by atoms with van der Waals surface area (Å²) >= 11 is 0. The number of ether oxygens (including phenoxy) is 1. The van der Waals surface area contributed by atoms with Crippen molar-refractivity contribution in [2.75, 3.05) is 6.61 Å². The van der Waals surface area contributed by atoms with Crippen molar-refractivity contribution in [2.45, 2.75) is 6.92 Å². The van der Waals surface area contributed by atoms with Gasteiger partial charge in [0.05, 0.1) is 6.61 Å². The summed E-state index contributed by atoms with van der Waals surface area (Å²) < 4.78 is 3.96. The Kier molecular flexibility index (Phi) is 10.7. The third kappa shape index (κ3) is 10.9. The van der Waals surface area contributed by atoms with Crippen LogP contribution in [0.5, 0.6) is 0 Å². The summed E-state index contributed by atoms with van der Waals surface area (Å²) in [5.74, 6) is 0. The average Bonchev–Trinajstić information content (AvgIpc) is 1.35. The molecule has 37 valence electrons. The van der Waals surface area contributed by atoms with Crippen molar-refractivity contribution >= 4 is 57.5 Å². The van der Waals surface area contributed by atoms with Crippen molar-refractivity contribution in [3.05, 3.63) is 0 Å². The quantitative estimate of drug-likeness (QED) is 0.409. The van der Waals surface area contributed by atoms with Gasteiger partial charge in [0.15, 0.2) is 0 Å². The Balaban J connectivity index is 0. The molecule has 0 aromatic rings. The van der Waals surface area contributed by atoms with Crippen LogP contribution in [-0.4, -0.2) is 69.3 Å². The molecule has 0 unspecified atom stereocenters. The Morgan fingerprint density at radius 2 is 2.29 bits per heavy atom. The molecule has 0 aromatic heterocycles. The molecule has 0 heterocycles. The Morgan fingerprint density at radius 1 is 1.86 bits per heavy atom. The van der Waals surface area contributed by atoms with E-state index >= 15 is 0 Å². The third-order valence-corrected chi connectivity index (χ3v) is 0.268. The Hall–Kier alpha value is 0.906. The zero-order valence-corrected chi connectivity index (χ0v) is 7.59. The van der Waals surface area contributed by atoms with Gasteiger partial charge in [-0.25, -0.2) is 4.79 Å². The fraction of sp³-hybridized carbons (Fsp3) is 0.667. The molecule has 0 spiro atoms. The Labute approximate surface area is 84.5 Å². The number of carbonyl (C=O) groups is 1. The minimum Gasteiger partial charge on any atom is -0.450 e. The molecule has 4 heteroatoms. The second kappa shape index (κ2) is 6.91. The van der Waals surface area contributed by atoms with Crippen molar-refractivity contribution < 1.29 is 14.6 Å². The van der Waals surface area contributed by atoms with Crippen LogP contribution in [0.3, 0.4) is 0 Å². The normalized spacial score (nSPS) is 6.43. The molecule has 1 N–H and O–H groups in total. The van der Waals surface area contributed by atoms with E-state index in [1.165, 1.54) is 0 Å². The van der Waals surface area contributed by atoms with Crippen molar-refractivity contribution in [1.29, 1.82) is 0 Å². The van der Waals surface area contributed by atoms with E-state index in [4.69, 9.17) is 5.11 Å². The molecule has 0 aromatic carbocycles. The summed E-state index contributed by atoms with van der Waals surface area (Å²) in [5.41, 5.74) is 0. The summed E-state index contributed by atoms with van der Waals surface area (Å²) in [6.07, 6.45) is -1.21. The molecule has 0 fully saturated rings. The van der Waals surface area contributed by atoms with Crippen LogP contribution in [0.2, 0.25) is 0 Å². The number of hydrogen-bond acceptors (Lipinski definition) is 2. The van der Waals surface area contributed by atoms with E-state index in [9.17, 15) is 4.79 Å². The van der Waals surface area contributed by atoms with Crippen LogP contribution >= 0.6 is 0 Å². The summed E-state index contributed by atoms with van der Waals surface area (Å²) in [6, 6.07) is 0. The van der Waals surface area contributed by atoms with Gasteiger partial charge in [0.25, 0.3) is 0 Å². The van der Waals surface area contributed by atoms with Crippen LogP contribution < -0.4 is 0 Å². The molecule has 0 aliphatic heterocycles.